The van der Waals surface area contributed by atoms with Gasteiger partial charge in [-0.25, -0.2) is 8.78 Å². The standard InChI is InChI=1S/C8H6BrF2NO/c1-13-12-4-5-6(10)2-3-7(11)8(5)9/h2-4H,1H3. The molecule has 0 unspecified atom stereocenters. The minimum Gasteiger partial charge on any atom is -0.399 e. The first-order chi connectivity index (χ1) is 6.16. The number of oxime groups is 1. The average Bonchev–Trinajstić information content (AvgIpc) is 2.12. The summed E-state index contributed by atoms with van der Waals surface area (Å²) < 4.78 is 25.9. The molecule has 0 amide bonds. The van der Waals surface area contributed by atoms with E-state index in [-0.39, 0.29) is 10.0 Å². The van der Waals surface area contributed by atoms with Gasteiger partial charge in [-0.15, -0.1) is 0 Å². The Morgan fingerprint density at radius 3 is 2.62 bits per heavy atom. The van der Waals surface area contributed by atoms with Crippen LogP contribution in [0.3, 0.4) is 0 Å². The predicted octanol–water partition coefficient (Wildman–Crippen LogP) is 2.71. The number of hydrogen-bond donors (Lipinski definition) is 0. The van der Waals surface area contributed by atoms with Crippen LogP contribution in [-0.4, -0.2) is 13.3 Å². The van der Waals surface area contributed by atoms with Crippen molar-refractivity contribution < 1.29 is 13.6 Å². The number of benzene rings is 1. The molecule has 1 aromatic rings. The Hall–Kier alpha value is -0.970. The maximum absolute atomic E-state index is 13.0. The van der Waals surface area contributed by atoms with Gasteiger partial charge in [-0.05, 0) is 28.1 Å². The predicted molar refractivity (Wildman–Crippen MR) is 48.7 cm³/mol. The molecule has 0 radical (unpaired) electrons. The zero-order valence-corrected chi connectivity index (χ0v) is 8.31. The molecule has 0 N–H and O–H groups in total. The van der Waals surface area contributed by atoms with Gasteiger partial charge in [0.15, 0.2) is 0 Å². The maximum Gasteiger partial charge on any atom is 0.138 e. The molecule has 0 heterocycles. The van der Waals surface area contributed by atoms with Crippen molar-refractivity contribution in [1.82, 2.24) is 0 Å². The largest absolute Gasteiger partial charge is 0.399 e. The summed E-state index contributed by atoms with van der Waals surface area (Å²) in [6.07, 6.45) is 1.10. The number of rotatable bonds is 2. The topological polar surface area (TPSA) is 21.6 Å². The molecule has 0 atom stereocenters. The van der Waals surface area contributed by atoms with Crippen molar-refractivity contribution in [2.24, 2.45) is 5.16 Å². The Morgan fingerprint density at radius 2 is 2.00 bits per heavy atom. The Kier molecular flexibility index (Phi) is 3.36. The molecule has 13 heavy (non-hydrogen) atoms. The highest BCUT2D eigenvalue weighted by Gasteiger charge is 2.09. The summed E-state index contributed by atoms with van der Waals surface area (Å²) in [6.45, 7) is 0. The van der Waals surface area contributed by atoms with E-state index < -0.39 is 11.6 Å². The SMILES string of the molecule is CON=Cc1c(F)ccc(F)c1Br. The van der Waals surface area contributed by atoms with Crippen LogP contribution >= 0.6 is 15.9 Å². The molecule has 2 nitrogen and oxygen atoms in total. The second-order valence-corrected chi connectivity index (χ2v) is 2.97. The average molecular weight is 250 g/mol. The third-order valence-corrected chi connectivity index (χ3v) is 2.17. The lowest BCUT2D eigenvalue weighted by molar-refractivity contribution is 0.215. The lowest BCUT2D eigenvalue weighted by atomic mass is 10.2. The van der Waals surface area contributed by atoms with E-state index in [1.54, 1.807) is 0 Å². The quantitative estimate of drug-likeness (QED) is 0.449. The molecule has 0 aliphatic rings. The zero-order valence-electron chi connectivity index (χ0n) is 6.72. The molecule has 0 aliphatic carbocycles. The first kappa shape index (κ1) is 10.1. The van der Waals surface area contributed by atoms with E-state index in [1.807, 2.05) is 0 Å². The van der Waals surface area contributed by atoms with Crippen LogP contribution in [0.2, 0.25) is 0 Å². The molecule has 0 aromatic heterocycles. The van der Waals surface area contributed by atoms with Gasteiger partial charge in [0.1, 0.15) is 18.7 Å². The van der Waals surface area contributed by atoms with Crippen LogP contribution in [0.1, 0.15) is 5.56 Å². The van der Waals surface area contributed by atoms with Crippen molar-refractivity contribution >= 4 is 22.1 Å². The lowest BCUT2D eigenvalue weighted by Crippen LogP contribution is -1.93. The summed E-state index contributed by atoms with van der Waals surface area (Å²) >= 11 is 2.90. The van der Waals surface area contributed by atoms with Crippen molar-refractivity contribution in [2.75, 3.05) is 7.11 Å². The molecular formula is C8H6BrF2NO. The summed E-state index contributed by atoms with van der Waals surface area (Å²) in [4.78, 5) is 4.36. The molecule has 0 saturated heterocycles. The fourth-order valence-electron chi connectivity index (χ4n) is 0.767. The van der Waals surface area contributed by atoms with Gasteiger partial charge in [0.25, 0.3) is 0 Å². The molecule has 0 saturated carbocycles. The van der Waals surface area contributed by atoms with Gasteiger partial charge in [-0.1, -0.05) is 5.16 Å². The molecule has 0 bridgehead atoms. The maximum atomic E-state index is 13.0. The third-order valence-electron chi connectivity index (χ3n) is 1.37. The van der Waals surface area contributed by atoms with Crippen molar-refractivity contribution in [3.05, 3.63) is 33.8 Å². The molecule has 1 aromatic carbocycles. The van der Waals surface area contributed by atoms with Crippen LogP contribution in [0.25, 0.3) is 0 Å². The summed E-state index contributed by atoms with van der Waals surface area (Å²) in [7, 11) is 1.32. The normalized spacial score (nSPS) is 10.8. The second-order valence-electron chi connectivity index (χ2n) is 2.17. The Bertz CT molecular complexity index is 341. The lowest BCUT2D eigenvalue weighted by Gasteiger charge is -2.00. The van der Waals surface area contributed by atoms with E-state index >= 15 is 0 Å². The fourth-order valence-corrected chi connectivity index (χ4v) is 1.19. The Labute approximate surface area is 82.3 Å². The Morgan fingerprint density at radius 1 is 1.38 bits per heavy atom. The molecule has 0 aliphatic heterocycles. The van der Waals surface area contributed by atoms with Gasteiger partial charge < -0.3 is 4.84 Å². The van der Waals surface area contributed by atoms with Crippen LogP contribution in [0.5, 0.6) is 0 Å². The minimum absolute atomic E-state index is 0.0295. The van der Waals surface area contributed by atoms with Crippen molar-refractivity contribution in [3.63, 3.8) is 0 Å². The smallest absolute Gasteiger partial charge is 0.138 e. The second kappa shape index (κ2) is 4.32. The van der Waals surface area contributed by atoms with E-state index in [1.165, 1.54) is 7.11 Å². The zero-order chi connectivity index (χ0) is 9.84. The number of halogens is 3. The first-order valence-electron chi connectivity index (χ1n) is 3.37. The minimum atomic E-state index is -0.561. The Balaban J connectivity index is 3.17. The summed E-state index contributed by atoms with van der Waals surface area (Å²) in [5.74, 6) is -1.10. The highest BCUT2D eigenvalue weighted by atomic mass is 79.9. The van der Waals surface area contributed by atoms with Gasteiger partial charge in [0, 0.05) is 5.56 Å². The van der Waals surface area contributed by atoms with Crippen molar-refractivity contribution in [2.45, 2.75) is 0 Å². The van der Waals surface area contributed by atoms with Gasteiger partial charge >= 0.3 is 0 Å². The summed E-state index contributed by atoms with van der Waals surface area (Å²) in [6, 6.07) is 2.06. The highest BCUT2D eigenvalue weighted by Crippen LogP contribution is 2.21. The van der Waals surface area contributed by atoms with E-state index in [4.69, 9.17) is 0 Å². The van der Waals surface area contributed by atoms with Crippen molar-refractivity contribution in [1.29, 1.82) is 0 Å². The van der Waals surface area contributed by atoms with Gasteiger partial charge in [-0.3, -0.25) is 0 Å². The monoisotopic (exact) mass is 249 g/mol. The van der Waals surface area contributed by atoms with Crippen LogP contribution in [0.4, 0.5) is 8.78 Å². The van der Waals surface area contributed by atoms with E-state index in [0.29, 0.717) is 0 Å². The summed E-state index contributed by atoms with van der Waals surface area (Å²) in [5, 5.41) is 3.34. The molecule has 1 rings (SSSR count). The molecule has 5 heteroatoms. The first-order valence-corrected chi connectivity index (χ1v) is 4.16. The van der Waals surface area contributed by atoms with Gasteiger partial charge in [0.05, 0.1) is 10.7 Å². The number of hydrogen-bond acceptors (Lipinski definition) is 2. The molecule has 70 valence electrons. The highest BCUT2D eigenvalue weighted by molar-refractivity contribution is 9.10. The van der Waals surface area contributed by atoms with Gasteiger partial charge in [0.2, 0.25) is 0 Å². The third kappa shape index (κ3) is 2.24. The van der Waals surface area contributed by atoms with Crippen LogP contribution < -0.4 is 0 Å². The molecule has 0 spiro atoms. The molecule has 0 fully saturated rings. The van der Waals surface area contributed by atoms with Crippen molar-refractivity contribution in [3.8, 4) is 0 Å². The summed E-state index contributed by atoms with van der Waals surface area (Å²) in [5.41, 5.74) is 0.0295. The van der Waals surface area contributed by atoms with Crippen LogP contribution in [-0.2, 0) is 4.84 Å². The number of nitrogens with zero attached hydrogens (tertiary/aromatic N) is 1. The molecular weight excluding hydrogens is 244 g/mol. The van der Waals surface area contributed by atoms with E-state index in [2.05, 4.69) is 25.9 Å². The van der Waals surface area contributed by atoms with Crippen LogP contribution in [0, 0.1) is 11.6 Å². The van der Waals surface area contributed by atoms with E-state index in [0.717, 1.165) is 18.3 Å². The van der Waals surface area contributed by atoms with Gasteiger partial charge in [-0.2, -0.15) is 0 Å². The fraction of sp³-hybridized carbons (Fsp3) is 0.125. The van der Waals surface area contributed by atoms with E-state index in [9.17, 15) is 8.78 Å². The van der Waals surface area contributed by atoms with Crippen LogP contribution in [0.15, 0.2) is 21.8 Å².